The van der Waals surface area contributed by atoms with Crippen molar-refractivity contribution in [3.05, 3.63) is 0 Å². The summed E-state index contributed by atoms with van der Waals surface area (Å²) in [7, 11) is 0. The highest BCUT2D eigenvalue weighted by atomic mass is 27.2. The fourth-order valence-corrected chi connectivity index (χ4v) is 3.46. The third kappa shape index (κ3) is 13.1. The summed E-state index contributed by atoms with van der Waals surface area (Å²) < 4.78 is 0. The second kappa shape index (κ2) is 13.1. The van der Waals surface area contributed by atoms with Crippen molar-refractivity contribution >= 4 is 28.3 Å². The van der Waals surface area contributed by atoms with E-state index >= 15 is 0 Å². The maximum Gasteiger partial charge on any atom is 0.261 e. The Morgan fingerprint density at radius 2 is 0.923 bits per heavy atom. The van der Waals surface area contributed by atoms with Crippen LogP contribution in [0.4, 0.5) is 0 Å². The molecule has 0 nitrogen and oxygen atoms in total. The molecule has 0 aliphatic heterocycles. The van der Waals surface area contributed by atoms with Crippen molar-refractivity contribution in [1.82, 2.24) is 0 Å². The highest BCUT2D eigenvalue weighted by molar-refractivity contribution is 6.58. The van der Waals surface area contributed by atoms with E-state index in [1.807, 2.05) is 0 Å². The van der Waals surface area contributed by atoms with Crippen molar-refractivity contribution in [3.8, 4) is 0 Å². The molecule has 0 rings (SSSR count). The Labute approximate surface area is 94.9 Å². The van der Waals surface area contributed by atoms with Crippen molar-refractivity contribution in [1.29, 1.82) is 0 Å². The van der Waals surface area contributed by atoms with Crippen molar-refractivity contribution in [3.63, 3.8) is 0 Å². The molecule has 0 amide bonds. The van der Waals surface area contributed by atoms with Crippen molar-refractivity contribution < 1.29 is 0 Å². The lowest BCUT2D eigenvalue weighted by Gasteiger charge is -1.97. The Bertz CT molecular complexity index is 70.6. The molecule has 0 fully saturated rings. The summed E-state index contributed by atoms with van der Waals surface area (Å²) in [6, 6.07) is 0. The molecule has 0 aliphatic carbocycles. The maximum atomic E-state index is 2.42. The zero-order valence-electron chi connectivity index (χ0n) is 10.7. The van der Waals surface area contributed by atoms with Gasteiger partial charge >= 0.3 is 0 Å². The van der Waals surface area contributed by atoms with Crippen LogP contribution in [0.3, 0.4) is 0 Å². The molecule has 0 radical (unpaired) electrons. The van der Waals surface area contributed by atoms with Crippen LogP contribution in [-0.4, -0.2) is 28.3 Å². The molecule has 13 heavy (non-hydrogen) atoms. The summed E-state index contributed by atoms with van der Waals surface area (Å²) in [4.78, 5) is 0. The smallest absolute Gasteiger partial charge is 0.106 e. The van der Waals surface area contributed by atoms with Gasteiger partial charge in [0.05, 0.1) is 0 Å². The van der Waals surface area contributed by atoms with E-state index in [9.17, 15) is 0 Å². The Morgan fingerprint density at radius 3 is 0.923 bits per heavy atom. The van der Waals surface area contributed by atoms with E-state index in [1.54, 1.807) is 0 Å². The molecule has 0 aromatic heterocycles. The first kappa shape index (κ1) is 16.5. The Morgan fingerprint density at radius 1 is 0.615 bits per heavy atom. The van der Waals surface area contributed by atoms with Crippen LogP contribution < -0.4 is 0 Å². The third-order valence-electron chi connectivity index (χ3n) is 3.13. The van der Waals surface area contributed by atoms with E-state index < -0.39 is 0 Å². The van der Waals surface area contributed by atoms with Gasteiger partial charge in [0, 0.05) is 0 Å². The van der Waals surface area contributed by atoms with E-state index in [-0.39, 0.29) is 28.3 Å². The zero-order valence-corrected chi connectivity index (χ0v) is 13.0. The largest absolute Gasteiger partial charge is 0.261 e. The van der Waals surface area contributed by atoms with Crippen molar-refractivity contribution in [2.24, 2.45) is 0 Å². The van der Waals surface area contributed by atoms with Gasteiger partial charge in [-0.3, -0.25) is 0 Å². The van der Waals surface area contributed by atoms with Gasteiger partial charge in [-0.05, 0) is 0 Å². The zero-order chi connectivity index (χ0) is 10.7. The van der Waals surface area contributed by atoms with Gasteiger partial charge in [-0.25, -0.2) is 0 Å². The predicted octanol–water partition coefficient (Wildman–Crippen LogP) is 4.69. The topological polar surface area (TPSA) is 0 Å². The Balaban J connectivity index is 0. The fourth-order valence-electron chi connectivity index (χ4n) is 1.15. The van der Waals surface area contributed by atoms with Gasteiger partial charge in [0.2, 0.25) is 0 Å². The first-order chi connectivity index (χ1) is 6.15. The van der Waals surface area contributed by atoms with Gasteiger partial charge < -0.3 is 0 Å². The molecular weight excluding hydrogens is 186 g/mol. The molecule has 0 unspecified atom stereocenters. The average molecular weight is 214 g/mol. The van der Waals surface area contributed by atoms with Gasteiger partial charge in [-0.2, -0.15) is 0 Å². The predicted molar refractivity (Wildman–Crippen MR) is 69.8 cm³/mol. The van der Waals surface area contributed by atoms with Crippen LogP contribution in [0.2, 0.25) is 32.2 Å². The molecule has 0 saturated carbocycles. The molecule has 0 spiro atoms. The van der Waals surface area contributed by atoms with Crippen molar-refractivity contribution in [2.75, 3.05) is 0 Å². The molecule has 0 N–H and O–H groups in total. The minimum Gasteiger partial charge on any atom is -0.106 e. The second-order valence-electron chi connectivity index (χ2n) is 4.01. The molecule has 0 bridgehead atoms. The molecule has 2 heteroatoms. The lowest BCUT2D eigenvalue weighted by atomic mass is 10.9. The SMILES string of the molecule is C[CH2][Al]([CH2]C)[CH2]C.C[CH2][Al]([CH3])[CH2]C. The summed E-state index contributed by atoms with van der Waals surface area (Å²) in [6.45, 7) is 11.6. The first-order valence-corrected chi connectivity index (χ1v) is 11.4. The van der Waals surface area contributed by atoms with Crippen LogP contribution in [0.25, 0.3) is 0 Å². The maximum absolute atomic E-state index is 2.42. The van der Waals surface area contributed by atoms with E-state index in [0.717, 1.165) is 0 Å². The number of hydrogen-bond acceptors (Lipinski definition) is 0. The molecular formula is C11H28Al2. The lowest BCUT2D eigenvalue weighted by Crippen LogP contribution is -2.04. The summed E-state index contributed by atoms with van der Waals surface area (Å²) in [5, 5.41) is 7.42. The van der Waals surface area contributed by atoms with Gasteiger partial charge in [-0.15, -0.1) is 5.79 Å². The van der Waals surface area contributed by atoms with Gasteiger partial charge in [-0.1, -0.05) is 61.0 Å². The normalized spacial score (nSPS) is 8.77. The molecule has 0 aliphatic rings. The van der Waals surface area contributed by atoms with Crippen LogP contribution in [0.15, 0.2) is 0 Å². The van der Waals surface area contributed by atoms with E-state index in [2.05, 4.69) is 40.4 Å². The number of hydrogen-bond donors (Lipinski definition) is 0. The summed E-state index contributed by atoms with van der Waals surface area (Å²) in [5.41, 5.74) is 0. The minimum atomic E-state index is -0.171. The molecule has 78 valence electrons. The van der Waals surface area contributed by atoms with Gasteiger partial charge in [0.15, 0.2) is 0 Å². The first-order valence-electron chi connectivity index (χ1n) is 6.15. The van der Waals surface area contributed by atoms with Crippen molar-refractivity contribution in [2.45, 2.75) is 66.8 Å². The van der Waals surface area contributed by atoms with Crippen LogP contribution in [0.1, 0.15) is 34.6 Å². The Kier molecular flexibility index (Phi) is 16.6. The van der Waals surface area contributed by atoms with Crippen LogP contribution in [0.5, 0.6) is 0 Å². The van der Waals surface area contributed by atoms with E-state index in [0.29, 0.717) is 0 Å². The monoisotopic (exact) mass is 214 g/mol. The fraction of sp³-hybridized carbons (Fsp3) is 1.00. The molecule has 0 aromatic rings. The van der Waals surface area contributed by atoms with Crippen LogP contribution in [-0.2, 0) is 0 Å². The quantitative estimate of drug-likeness (QED) is 0.582. The van der Waals surface area contributed by atoms with E-state index in [4.69, 9.17) is 0 Å². The third-order valence-corrected chi connectivity index (χ3v) is 9.38. The summed E-state index contributed by atoms with van der Waals surface area (Å²) in [6.07, 6.45) is 0. The minimum absolute atomic E-state index is 0.160. The molecule has 0 heterocycles. The Hall–Kier alpha value is 1.06. The van der Waals surface area contributed by atoms with E-state index in [1.165, 1.54) is 26.4 Å². The number of rotatable bonds is 5. The second-order valence-corrected chi connectivity index (χ2v) is 12.0. The van der Waals surface area contributed by atoms with Gasteiger partial charge in [0.1, 0.15) is 0 Å². The highest BCUT2D eigenvalue weighted by Gasteiger charge is 2.05. The lowest BCUT2D eigenvalue weighted by molar-refractivity contribution is 1.24. The molecule has 0 aromatic carbocycles. The standard InChI is InChI=1S/5C2H5.CH3.2Al/c5*1-2;;;/h5*1H2,2H3;1H3;;. The summed E-state index contributed by atoms with van der Waals surface area (Å²) >= 11 is -0.332. The molecule has 0 atom stereocenters. The average Bonchev–Trinajstić information content (AvgIpc) is 2.20. The van der Waals surface area contributed by atoms with Crippen LogP contribution in [0, 0.1) is 0 Å². The summed E-state index contributed by atoms with van der Waals surface area (Å²) in [5.74, 6) is 2.42. The van der Waals surface area contributed by atoms with Gasteiger partial charge in [0.25, 0.3) is 28.3 Å². The van der Waals surface area contributed by atoms with Crippen LogP contribution >= 0.6 is 0 Å². The molecule has 0 saturated heterocycles. The highest BCUT2D eigenvalue weighted by Crippen LogP contribution is 2.01.